The number of carbonyl (C=O) groups excluding carboxylic acids is 1. The van der Waals surface area contributed by atoms with Crippen LogP contribution in [0.4, 0.5) is 0 Å². The average Bonchev–Trinajstić information content (AvgIpc) is 3.24. The molecule has 0 radical (unpaired) electrons. The lowest BCUT2D eigenvalue weighted by Crippen LogP contribution is -2.29. The van der Waals surface area contributed by atoms with Crippen molar-refractivity contribution in [2.75, 3.05) is 13.1 Å². The van der Waals surface area contributed by atoms with Crippen molar-refractivity contribution in [3.8, 4) is 0 Å². The van der Waals surface area contributed by atoms with Gasteiger partial charge in [-0.05, 0) is 19.8 Å². The fraction of sp³-hybridized carbons (Fsp3) is 0.533. The van der Waals surface area contributed by atoms with E-state index in [0.717, 1.165) is 0 Å². The Morgan fingerprint density at radius 1 is 1.42 bits per heavy atom. The van der Waals surface area contributed by atoms with Gasteiger partial charge in [-0.3, -0.25) is 14.3 Å². The Hall–Kier alpha value is -2.71. The summed E-state index contributed by atoms with van der Waals surface area (Å²) in [4.78, 5) is 25.7. The minimum atomic E-state index is -0.877. The van der Waals surface area contributed by atoms with E-state index in [1.807, 2.05) is 6.92 Å². The van der Waals surface area contributed by atoms with Crippen molar-refractivity contribution in [1.82, 2.24) is 30.1 Å². The highest BCUT2D eigenvalue weighted by Gasteiger charge is 2.39. The third-order valence-corrected chi connectivity index (χ3v) is 4.48. The topological polar surface area (TPSA) is 117 Å². The van der Waals surface area contributed by atoms with E-state index in [-0.39, 0.29) is 24.2 Å². The monoisotopic (exact) mass is 332 g/mol. The number of amides is 1. The Balaban J connectivity index is 1.82. The lowest BCUT2D eigenvalue weighted by molar-refractivity contribution is -0.138. The molecule has 1 aliphatic heterocycles. The van der Waals surface area contributed by atoms with Crippen molar-refractivity contribution in [2.45, 2.75) is 32.7 Å². The Morgan fingerprint density at radius 2 is 2.21 bits per heavy atom. The molecule has 0 saturated carbocycles. The standard InChI is InChI=1S/C15H20N6O3/c1-3-21-8-11(9(2)18-21)15(24)20-6-10(4-14(22)23)12(7-20)13-5-16-19-17-13/h5,8,10,12H,3-4,6-7H2,1-2H3,(H,22,23)(H,16,17,19)/t10-,12+/m0/s1. The van der Waals surface area contributed by atoms with E-state index < -0.39 is 5.97 Å². The second-order valence-corrected chi connectivity index (χ2v) is 6.05. The molecule has 2 aromatic heterocycles. The molecule has 9 heteroatoms. The van der Waals surface area contributed by atoms with Gasteiger partial charge in [-0.2, -0.15) is 20.5 Å². The van der Waals surface area contributed by atoms with E-state index in [1.54, 1.807) is 28.9 Å². The van der Waals surface area contributed by atoms with Crippen molar-refractivity contribution in [3.05, 3.63) is 29.3 Å². The molecule has 0 aliphatic carbocycles. The van der Waals surface area contributed by atoms with Gasteiger partial charge in [-0.15, -0.1) is 0 Å². The quantitative estimate of drug-likeness (QED) is 0.830. The average molecular weight is 332 g/mol. The van der Waals surface area contributed by atoms with Crippen molar-refractivity contribution in [1.29, 1.82) is 0 Å². The first-order valence-electron chi connectivity index (χ1n) is 7.90. The van der Waals surface area contributed by atoms with Crippen LogP contribution in [0.5, 0.6) is 0 Å². The molecule has 9 nitrogen and oxygen atoms in total. The maximum atomic E-state index is 12.8. The van der Waals surface area contributed by atoms with Crippen LogP contribution in [0.15, 0.2) is 12.4 Å². The molecular formula is C15H20N6O3. The molecule has 3 rings (SSSR count). The Morgan fingerprint density at radius 3 is 2.79 bits per heavy atom. The predicted octanol–water partition coefficient (Wildman–Crippen LogP) is 0.660. The van der Waals surface area contributed by atoms with Gasteiger partial charge in [-0.25, -0.2) is 0 Å². The number of carbonyl (C=O) groups is 2. The molecule has 1 saturated heterocycles. The number of rotatable bonds is 5. The summed E-state index contributed by atoms with van der Waals surface area (Å²) in [6.07, 6.45) is 3.33. The molecule has 1 aliphatic rings. The van der Waals surface area contributed by atoms with Gasteiger partial charge in [0.2, 0.25) is 0 Å². The summed E-state index contributed by atoms with van der Waals surface area (Å²) < 4.78 is 1.72. The number of aliphatic carboxylic acids is 1. The number of likely N-dealkylation sites (tertiary alicyclic amines) is 1. The van der Waals surface area contributed by atoms with Crippen LogP contribution in [-0.4, -0.2) is 60.2 Å². The van der Waals surface area contributed by atoms with Crippen molar-refractivity contribution < 1.29 is 14.7 Å². The molecule has 128 valence electrons. The molecule has 0 unspecified atom stereocenters. The van der Waals surface area contributed by atoms with Crippen LogP contribution in [0.25, 0.3) is 0 Å². The van der Waals surface area contributed by atoms with Crippen LogP contribution in [0.3, 0.4) is 0 Å². The zero-order chi connectivity index (χ0) is 17.3. The molecule has 1 fully saturated rings. The molecule has 3 heterocycles. The molecule has 2 aromatic rings. The van der Waals surface area contributed by atoms with Gasteiger partial charge in [0.25, 0.3) is 5.91 Å². The van der Waals surface area contributed by atoms with E-state index in [4.69, 9.17) is 5.11 Å². The van der Waals surface area contributed by atoms with E-state index >= 15 is 0 Å². The van der Waals surface area contributed by atoms with Crippen LogP contribution >= 0.6 is 0 Å². The molecular weight excluding hydrogens is 312 g/mol. The minimum absolute atomic E-state index is 0.00545. The van der Waals surface area contributed by atoms with Gasteiger partial charge in [0.15, 0.2) is 0 Å². The summed E-state index contributed by atoms with van der Waals surface area (Å²) in [6.45, 7) is 5.27. The largest absolute Gasteiger partial charge is 0.481 e. The number of nitrogens with one attached hydrogen (secondary N) is 1. The van der Waals surface area contributed by atoms with Crippen LogP contribution in [-0.2, 0) is 11.3 Å². The third-order valence-electron chi connectivity index (χ3n) is 4.48. The number of carboxylic acids is 1. The van der Waals surface area contributed by atoms with Crippen LogP contribution < -0.4 is 0 Å². The zero-order valence-electron chi connectivity index (χ0n) is 13.6. The molecule has 2 N–H and O–H groups in total. The number of aryl methyl sites for hydroxylation is 2. The summed E-state index contributed by atoms with van der Waals surface area (Å²) in [5, 5.41) is 23.9. The van der Waals surface area contributed by atoms with E-state index in [9.17, 15) is 9.59 Å². The third kappa shape index (κ3) is 3.01. The minimum Gasteiger partial charge on any atom is -0.481 e. The first-order chi connectivity index (χ1) is 11.5. The molecule has 0 bridgehead atoms. The van der Waals surface area contributed by atoms with E-state index in [0.29, 0.717) is 36.6 Å². The van der Waals surface area contributed by atoms with Crippen LogP contribution in [0, 0.1) is 12.8 Å². The Kier molecular flexibility index (Phi) is 4.32. The number of hydrogen-bond donors (Lipinski definition) is 2. The Labute approximate surface area is 138 Å². The van der Waals surface area contributed by atoms with Crippen molar-refractivity contribution in [3.63, 3.8) is 0 Å². The van der Waals surface area contributed by atoms with Crippen LogP contribution in [0.2, 0.25) is 0 Å². The lowest BCUT2D eigenvalue weighted by atomic mass is 9.91. The Bertz CT molecular complexity index is 738. The summed E-state index contributed by atoms with van der Waals surface area (Å²) in [5.41, 5.74) is 1.94. The first-order valence-corrected chi connectivity index (χ1v) is 7.90. The molecule has 2 atom stereocenters. The molecule has 0 aromatic carbocycles. The highest BCUT2D eigenvalue weighted by molar-refractivity contribution is 5.95. The summed E-state index contributed by atoms with van der Waals surface area (Å²) in [5.74, 6) is -1.31. The van der Waals surface area contributed by atoms with Crippen LogP contribution in [0.1, 0.15) is 41.0 Å². The number of hydrogen-bond acceptors (Lipinski definition) is 5. The lowest BCUT2D eigenvalue weighted by Gasteiger charge is -2.15. The fourth-order valence-electron chi connectivity index (χ4n) is 3.25. The number of nitrogens with zero attached hydrogens (tertiary/aromatic N) is 5. The summed E-state index contributed by atoms with van der Waals surface area (Å²) in [6, 6.07) is 0. The van der Waals surface area contributed by atoms with E-state index in [2.05, 4.69) is 20.5 Å². The maximum Gasteiger partial charge on any atom is 0.303 e. The molecule has 1 amide bonds. The zero-order valence-corrected chi connectivity index (χ0v) is 13.6. The highest BCUT2D eigenvalue weighted by Crippen LogP contribution is 2.34. The molecule has 0 spiro atoms. The number of aromatic amines is 1. The second-order valence-electron chi connectivity index (χ2n) is 6.05. The number of carboxylic acid groups (broad SMARTS) is 1. The van der Waals surface area contributed by atoms with Crippen molar-refractivity contribution >= 4 is 11.9 Å². The van der Waals surface area contributed by atoms with Gasteiger partial charge in [0, 0.05) is 31.7 Å². The predicted molar refractivity (Wildman–Crippen MR) is 83.4 cm³/mol. The van der Waals surface area contributed by atoms with E-state index in [1.165, 1.54) is 0 Å². The number of H-pyrrole nitrogens is 1. The normalized spacial score (nSPS) is 20.5. The summed E-state index contributed by atoms with van der Waals surface area (Å²) >= 11 is 0. The highest BCUT2D eigenvalue weighted by atomic mass is 16.4. The van der Waals surface area contributed by atoms with Gasteiger partial charge in [-0.1, -0.05) is 0 Å². The van der Waals surface area contributed by atoms with Gasteiger partial charge in [0.1, 0.15) is 0 Å². The second kappa shape index (κ2) is 6.42. The molecule has 24 heavy (non-hydrogen) atoms. The van der Waals surface area contributed by atoms with Gasteiger partial charge in [0.05, 0.1) is 29.6 Å². The first kappa shape index (κ1) is 16.2. The van der Waals surface area contributed by atoms with Gasteiger partial charge >= 0.3 is 5.97 Å². The SMILES string of the molecule is CCn1cc(C(=O)N2C[C@H](CC(=O)O)[C@H](c3cn[nH]n3)C2)c(C)n1. The van der Waals surface area contributed by atoms with Crippen molar-refractivity contribution in [2.24, 2.45) is 5.92 Å². The summed E-state index contributed by atoms with van der Waals surface area (Å²) in [7, 11) is 0. The van der Waals surface area contributed by atoms with Gasteiger partial charge < -0.3 is 10.0 Å². The maximum absolute atomic E-state index is 12.8. The number of aromatic nitrogens is 5. The fourth-order valence-corrected chi connectivity index (χ4v) is 3.25. The smallest absolute Gasteiger partial charge is 0.303 e.